The Morgan fingerprint density at radius 3 is 3.00 bits per heavy atom. The van der Waals surface area contributed by atoms with Gasteiger partial charge in [-0.3, -0.25) is 4.90 Å². The van der Waals surface area contributed by atoms with Crippen LogP contribution >= 0.6 is 0 Å². The number of amides is 1. The summed E-state index contributed by atoms with van der Waals surface area (Å²) in [5.74, 6) is 0. The number of benzene rings is 1. The number of carbonyl (C=O) groups excluding carboxylic acids is 1. The van der Waals surface area contributed by atoms with Gasteiger partial charge in [0.05, 0.1) is 6.54 Å². The van der Waals surface area contributed by atoms with E-state index < -0.39 is 0 Å². The molecule has 0 saturated carbocycles. The number of aromatic nitrogens is 2. The second-order valence-corrected chi connectivity index (χ2v) is 6.14. The maximum Gasteiger partial charge on any atom is 0.407 e. The minimum atomic E-state index is -0.300. The molecule has 1 N–H and O–H groups in total. The molecule has 4 rings (SSSR count). The monoisotopic (exact) mass is 302 g/mol. The normalized spacial score (nSPS) is 26.1. The molecule has 2 saturated heterocycles. The number of hydrogen-bond donors (Lipinski definition) is 1. The van der Waals surface area contributed by atoms with Crippen molar-refractivity contribution in [2.45, 2.75) is 31.4 Å². The summed E-state index contributed by atoms with van der Waals surface area (Å²) in [5, 5.41) is 10.5. The number of rotatable bonds is 2. The van der Waals surface area contributed by atoms with Crippen molar-refractivity contribution in [3.05, 3.63) is 23.8 Å². The van der Waals surface area contributed by atoms with Gasteiger partial charge in [-0.15, -0.1) is 0 Å². The Kier molecular flexibility index (Phi) is 3.22. The van der Waals surface area contributed by atoms with E-state index in [-0.39, 0.29) is 11.7 Å². The largest absolute Gasteiger partial charge is 0.441 e. The van der Waals surface area contributed by atoms with Crippen LogP contribution in [0.3, 0.4) is 0 Å². The van der Waals surface area contributed by atoms with Crippen LogP contribution in [-0.4, -0.2) is 46.5 Å². The third-order valence-electron chi connectivity index (χ3n) is 4.58. The lowest BCUT2D eigenvalue weighted by atomic mass is 9.95. The van der Waals surface area contributed by atoms with E-state index in [4.69, 9.17) is 9.37 Å². The van der Waals surface area contributed by atoms with Gasteiger partial charge in [0.25, 0.3) is 0 Å². The van der Waals surface area contributed by atoms with Crippen molar-refractivity contribution >= 4 is 17.1 Å². The Morgan fingerprint density at radius 2 is 2.14 bits per heavy atom. The average Bonchev–Trinajstić information content (AvgIpc) is 3.06. The van der Waals surface area contributed by atoms with Gasteiger partial charge in [0.1, 0.15) is 16.6 Å². The van der Waals surface area contributed by atoms with Gasteiger partial charge in [0.2, 0.25) is 0 Å². The molecule has 7 nitrogen and oxygen atoms in total. The molecule has 22 heavy (non-hydrogen) atoms. The van der Waals surface area contributed by atoms with Crippen molar-refractivity contribution in [1.29, 1.82) is 0 Å². The highest BCUT2D eigenvalue weighted by molar-refractivity contribution is 5.73. The predicted octanol–water partition coefficient (Wildman–Crippen LogP) is 1.69. The summed E-state index contributed by atoms with van der Waals surface area (Å²) in [6.45, 7) is 3.43. The van der Waals surface area contributed by atoms with Crippen molar-refractivity contribution in [3.8, 4) is 0 Å². The molecule has 1 aromatic heterocycles. The number of hydrogen-bond acceptors (Lipinski definition) is 6. The lowest BCUT2D eigenvalue weighted by Gasteiger charge is -2.25. The van der Waals surface area contributed by atoms with Gasteiger partial charge in [-0.2, -0.15) is 0 Å². The van der Waals surface area contributed by atoms with Crippen LogP contribution in [0.1, 0.15) is 24.8 Å². The molecule has 1 amide bonds. The molecule has 1 aromatic carbocycles. The van der Waals surface area contributed by atoms with Crippen LogP contribution in [-0.2, 0) is 11.3 Å². The van der Waals surface area contributed by atoms with E-state index in [0.29, 0.717) is 6.54 Å². The van der Waals surface area contributed by atoms with Crippen molar-refractivity contribution in [2.75, 3.05) is 19.6 Å². The fourth-order valence-corrected chi connectivity index (χ4v) is 3.35. The number of nitrogens with zero attached hydrogens (tertiary/aromatic N) is 3. The van der Waals surface area contributed by atoms with Crippen molar-refractivity contribution < 1.29 is 14.2 Å². The number of carbonyl (C=O) groups is 1. The molecule has 0 radical (unpaired) electrons. The second-order valence-electron chi connectivity index (χ2n) is 6.14. The third kappa shape index (κ3) is 2.52. The highest BCUT2D eigenvalue weighted by Crippen LogP contribution is 2.29. The lowest BCUT2D eigenvalue weighted by molar-refractivity contribution is 0.0443. The predicted molar refractivity (Wildman–Crippen MR) is 78.1 cm³/mol. The van der Waals surface area contributed by atoms with Gasteiger partial charge < -0.3 is 10.1 Å². The van der Waals surface area contributed by atoms with Gasteiger partial charge in [0.15, 0.2) is 0 Å². The Balaban J connectivity index is 1.44. The Morgan fingerprint density at radius 1 is 1.23 bits per heavy atom. The van der Waals surface area contributed by atoms with Crippen molar-refractivity contribution in [3.63, 3.8) is 0 Å². The molecule has 2 fully saturated rings. The van der Waals surface area contributed by atoms with E-state index in [0.717, 1.165) is 49.9 Å². The fraction of sp³-hybridized carbons (Fsp3) is 0.533. The standard InChI is InChI=1S/C15H18N4O3/c20-14-16-10-15(21-14)4-1-6-19(7-5-15)9-11-2-3-12-13(8-11)18-22-17-12/h2-3,8H,1,4-7,9-10H2,(H,16,20)/t15-/m1/s1. The molecule has 1 spiro atoms. The van der Waals surface area contributed by atoms with Crippen LogP contribution in [0.5, 0.6) is 0 Å². The quantitative estimate of drug-likeness (QED) is 0.909. The Labute approximate surface area is 127 Å². The number of ether oxygens (including phenoxy) is 1. The maximum absolute atomic E-state index is 11.3. The smallest absolute Gasteiger partial charge is 0.407 e. The van der Waals surface area contributed by atoms with E-state index >= 15 is 0 Å². The molecule has 116 valence electrons. The zero-order valence-electron chi connectivity index (χ0n) is 12.2. The average molecular weight is 302 g/mol. The first-order valence-electron chi connectivity index (χ1n) is 7.63. The van der Waals surface area contributed by atoms with Gasteiger partial charge in [-0.05, 0) is 47.4 Å². The first-order valence-corrected chi connectivity index (χ1v) is 7.63. The van der Waals surface area contributed by atoms with Crippen LogP contribution in [0.25, 0.3) is 11.0 Å². The fourth-order valence-electron chi connectivity index (χ4n) is 3.35. The maximum atomic E-state index is 11.3. The number of likely N-dealkylation sites (tertiary alicyclic amines) is 1. The van der Waals surface area contributed by atoms with Crippen LogP contribution in [0, 0.1) is 0 Å². The number of nitrogens with one attached hydrogen (secondary N) is 1. The molecular weight excluding hydrogens is 284 g/mol. The minimum absolute atomic E-state index is 0.280. The molecule has 0 unspecified atom stereocenters. The summed E-state index contributed by atoms with van der Waals surface area (Å²) in [4.78, 5) is 13.7. The molecule has 0 bridgehead atoms. The SMILES string of the molecule is O=C1NC[C@]2(CCCN(Cc3ccc4nonc4c3)CC2)O1. The Hall–Kier alpha value is -2.15. The number of alkyl carbamates (subject to hydrolysis) is 1. The molecule has 0 aliphatic carbocycles. The van der Waals surface area contributed by atoms with Gasteiger partial charge in [-0.25, -0.2) is 9.42 Å². The zero-order chi connectivity index (χ0) is 15.0. The zero-order valence-corrected chi connectivity index (χ0v) is 12.2. The van der Waals surface area contributed by atoms with Crippen LogP contribution in [0.2, 0.25) is 0 Å². The summed E-state index contributed by atoms with van der Waals surface area (Å²) in [6, 6.07) is 6.01. The topological polar surface area (TPSA) is 80.5 Å². The van der Waals surface area contributed by atoms with E-state index in [2.05, 4.69) is 26.6 Å². The van der Waals surface area contributed by atoms with Crippen LogP contribution < -0.4 is 5.32 Å². The van der Waals surface area contributed by atoms with Crippen LogP contribution in [0.4, 0.5) is 4.79 Å². The summed E-state index contributed by atoms with van der Waals surface area (Å²) in [6.07, 6.45) is 2.55. The summed E-state index contributed by atoms with van der Waals surface area (Å²) < 4.78 is 10.2. The van der Waals surface area contributed by atoms with E-state index in [1.165, 1.54) is 5.56 Å². The third-order valence-corrected chi connectivity index (χ3v) is 4.58. The lowest BCUT2D eigenvalue weighted by Crippen LogP contribution is -2.34. The van der Waals surface area contributed by atoms with Gasteiger partial charge in [-0.1, -0.05) is 6.07 Å². The summed E-state index contributed by atoms with van der Waals surface area (Å²) >= 11 is 0. The molecule has 3 heterocycles. The van der Waals surface area contributed by atoms with Gasteiger partial charge >= 0.3 is 6.09 Å². The Bertz CT molecular complexity index is 701. The minimum Gasteiger partial charge on any atom is -0.441 e. The van der Waals surface area contributed by atoms with Crippen molar-refractivity contribution in [2.24, 2.45) is 0 Å². The van der Waals surface area contributed by atoms with E-state index in [1.54, 1.807) is 0 Å². The summed E-state index contributed by atoms with van der Waals surface area (Å²) in [5.41, 5.74) is 2.46. The molecule has 2 aromatic rings. The van der Waals surface area contributed by atoms with Crippen LogP contribution in [0.15, 0.2) is 22.8 Å². The highest BCUT2D eigenvalue weighted by atomic mass is 16.6. The summed E-state index contributed by atoms with van der Waals surface area (Å²) in [7, 11) is 0. The van der Waals surface area contributed by atoms with E-state index in [9.17, 15) is 4.79 Å². The van der Waals surface area contributed by atoms with E-state index in [1.807, 2.05) is 12.1 Å². The van der Waals surface area contributed by atoms with Crippen molar-refractivity contribution in [1.82, 2.24) is 20.5 Å². The first kappa shape index (κ1) is 13.5. The molecule has 2 aliphatic rings. The molecule has 7 heteroatoms. The second kappa shape index (κ2) is 5.24. The highest BCUT2D eigenvalue weighted by Gasteiger charge is 2.41. The number of fused-ring (bicyclic) bond motifs is 1. The first-order chi connectivity index (χ1) is 10.7. The molecule has 1 atom stereocenters. The molecular formula is C15H18N4O3. The molecule has 2 aliphatic heterocycles. The van der Waals surface area contributed by atoms with Gasteiger partial charge in [0, 0.05) is 19.5 Å².